The number of aromatic nitrogens is 1. The smallest absolute Gasteiger partial charge is 0.219 e. The first-order chi connectivity index (χ1) is 9.76. The van der Waals surface area contributed by atoms with E-state index < -0.39 is 0 Å². The van der Waals surface area contributed by atoms with Gasteiger partial charge in [-0.25, -0.2) is 4.98 Å². The van der Waals surface area contributed by atoms with Gasteiger partial charge < -0.3 is 9.84 Å². The highest BCUT2D eigenvalue weighted by Crippen LogP contribution is 2.28. The Kier molecular flexibility index (Phi) is 3.70. The van der Waals surface area contributed by atoms with Gasteiger partial charge in [0.25, 0.3) is 0 Å². The maximum atomic E-state index is 9.15. The molecule has 1 aromatic carbocycles. The number of pyridine rings is 1. The van der Waals surface area contributed by atoms with Crippen LogP contribution in [0.25, 0.3) is 0 Å². The van der Waals surface area contributed by atoms with E-state index in [0.29, 0.717) is 5.88 Å². The Labute approximate surface area is 119 Å². The Balaban J connectivity index is 1.82. The van der Waals surface area contributed by atoms with E-state index in [-0.39, 0.29) is 6.61 Å². The molecule has 1 aromatic heterocycles. The van der Waals surface area contributed by atoms with Crippen molar-refractivity contribution < 1.29 is 9.84 Å². The number of aliphatic hydroxyl groups excluding tert-OH is 1. The molecule has 0 radical (unpaired) electrons. The first-order valence-electron chi connectivity index (χ1n) is 7.13. The molecule has 20 heavy (non-hydrogen) atoms. The van der Waals surface area contributed by atoms with Crippen LogP contribution in [0.2, 0.25) is 0 Å². The minimum Gasteiger partial charge on any atom is -0.439 e. The Bertz CT molecular complexity index is 622. The molecule has 0 fully saturated rings. The third kappa shape index (κ3) is 2.68. The molecule has 1 N–H and O–H groups in total. The number of hydrogen-bond donors (Lipinski definition) is 1. The second kappa shape index (κ2) is 5.63. The molecule has 0 saturated carbocycles. The summed E-state index contributed by atoms with van der Waals surface area (Å²) in [5, 5.41) is 9.15. The van der Waals surface area contributed by atoms with Crippen molar-refractivity contribution in [2.45, 2.75) is 39.2 Å². The Morgan fingerprint density at radius 1 is 1.10 bits per heavy atom. The highest BCUT2D eigenvalue weighted by molar-refractivity contribution is 5.39. The second-order valence-electron chi connectivity index (χ2n) is 5.29. The molecule has 0 saturated heterocycles. The van der Waals surface area contributed by atoms with Gasteiger partial charge in [-0.2, -0.15) is 0 Å². The fraction of sp³-hybridized carbons (Fsp3) is 0.353. The van der Waals surface area contributed by atoms with Crippen LogP contribution in [0.5, 0.6) is 11.6 Å². The van der Waals surface area contributed by atoms with Crippen LogP contribution < -0.4 is 4.74 Å². The van der Waals surface area contributed by atoms with Crippen molar-refractivity contribution in [1.29, 1.82) is 0 Å². The summed E-state index contributed by atoms with van der Waals surface area (Å²) in [4.78, 5) is 4.37. The van der Waals surface area contributed by atoms with Crippen molar-refractivity contribution in [1.82, 2.24) is 4.98 Å². The number of aryl methyl sites for hydroxylation is 3. The van der Waals surface area contributed by atoms with Crippen molar-refractivity contribution in [3.63, 3.8) is 0 Å². The van der Waals surface area contributed by atoms with E-state index in [1.807, 2.05) is 19.1 Å². The van der Waals surface area contributed by atoms with Crippen LogP contribution in [0.3, 0.4) is 0 Å². The Morgan fingerprint density at radius 2 is 1.90 bits per heavy atom. The highest BCUT2D eigenvalue weighted by atomic mass is 16.5. The largest absolute Gasteiger partial charge is 0.439 e. The predicted molar refractivity (Wildman–Crippen MR) is 78.1 cm³/mol. The maximum absolute atomic E-state index is 9.15. The van der Waals surface area contributed by atoms with Gasteiger partial charge in [0.1, 0.15) is 5.75 Å². The summed E-state index contributed by atoms with van der Waals surface area (Å²) in [6.07, 6.45) is 4.87. The molecular formula is C17H19NO2. The van der Waals surface area contributed by atoms with Gasteiger partial charge in [0.05, 0.1) is 6.61 Å². The molecule has 3 heteroatoms. The third-order valence-corrected chi connectivity index (χ3v) is 3.88. The van der Waals surface area contributed by atoms with Crippen LogP contribution in [-0.2, 0) is 19.4 Å². The van der Waals surface area contributed by atoms with Crippen LogP contribution in [0, 0.1) is 6.92 Å². The lowest BCUT2D eigenvalue weighted by Gasteiger charge is -2.16. The average molecular weight is 269 g/mol. The van der Waals surface area contributed by atoms with Crippen LogP contribution >= 0.6 is 0 Å². The van der Waals surface area contributed by atoms with Gasteiger partial charge in [0.2, 0.25) is 5.88 Å². The highest BCUT2D eigenvalue weighted by Gasteiger charge is 2.10. The number of nitrogens with zero attached hydrogens (tertiary/aromatic N) is 1. The Morgan fingerprint density at radius 3 is 2.65 bits per heavy atom. The lowest BCUT2D eigenvalue weighted by molar-refractivity contribution is 0.280. The van der Waals surface area contributed by atoms with Gasteiger partial charge in [0, 0.05) is 11.8 Å². The number of fused-ring (bicyclic) bond motifs is 1. The quantitative estimate of drug-likeness (QED) is 0.926. The summed E-state index contributed by atoms with van der Waals surface area (Å²) < 4.78 is 5.83. The maximum Gasteiger partial charge on any atom is 0.219 e. The average Bonchev–Trinajstić information content (AvgIpc) is 2.47. The minimum atomic E-state index is 0.0119. The normalized spacial score (nSPS) is 13.9. The van der Waals surface area contributed by atoms with E-state index in [1.54, 1.807) is 6.07 Å². The van der Waals surface area contributed by atoms with Crippen LogP contribution in [-0.4, -0.2) is 10.1 Å². The molecule has 0 unspecified atom stereocenters. The van der Waals surface area contributed by atoms with Gasteiger partial charge in [-0.05, 0) is 67.5 Å². The molecule has 3 nitrogen and oxygen atoms in total. The monoisotopic (exact) mass is 269 g/mol. The molecular weight excluding hydrogens is 250 g/mol. The lowest BCUT2D eigenvalue weighted by Crippen LogP contribution is -2.02. The van der Waals surface area contributed by atoms with Crippen molar-refractivity contribution in [3.8, 4) is 11.6 Å². The first-order valence-corrected chi connectivity index (χ1v) is 7.13. The summed E-state index contributed by atoms with van der Waals surface area (Å²) in [6, 6.07) is 9.97. The Hall–Kier alpha value is -1.87. The molecule has 0 spiro atoms. The van der Waals surface area contributed by atoms with Gasteiger partial charge in [-0.1, -0.05) is 6.07 Å². The topological polar surface area (TPSA) is 42.4 Å². The molecule has 1 aliphatic carbocycles. The standard InChI is InChI=1S/C17H19NO2/c1-12-15(11-19)7-9-17(18-12)20-16-8-6-13-4-2-3-5-14(13)10-16/h6-10,19H,2-5,11H2,1H3. The molecule has 2 aromatic rings. The van der Waals surface area contributed by atoms with E-state index in [9.17, 15) is 0 Å². The van der Waals surface area contributed by atoms with Gasteiger partial charge in [-0.3, -0.25) is 0 Å². The summed E-state index contributed by atoms with van der Waals surface area (Å²) in [5.41, 5.74) is 4.49. The first kappa shape index (κ1) is 13.1. The molecule has 0 aliphatic heterocycles. The lowest BCUT2D eigenvalue weighted by atomic mass is 9.92. The van der Waals surface area contributed by atoms with Crippen LogP contribution in [0.1, 0.15) is 35.2 Å². The molecule has 1 aliphatic rings. The number of hydrogen-bond acceptors (Lipinski definition) is 3. The van der Waals surface area contributed by atoms with E-state index in [1.165, 1.54) is 30.4 Å². The van der Waals surface area contributed by atoms with Crippen molar-refractivity contribution >= 4 is 0 Å². The SMILES string of the molecule is Cc1nc(Oc2ccc3c(c2)CCCC3)ccc1CO. The summed E-state index contributed by atoms with van der Waals surface area (Å²) in [5.74, 6) is 1.42. The van der Waals surface area contributed by atoms with Gasteiger partial charge in [-0.15, -0.1) is 0 Å². The van der Waals surface area contributed by atoms with E-state index in [0.717, 1.165) is 23.4 Å². The zero-order chi connectivity index (χ0) is 13.9. The minimum absolute atomic E-state index is 0.0119. The van der Waals surface area contributed by atoms with E-state index >= 15 is 0 Å². The summed E-state index contributed by atoms with van der Waals surface area (Å²) in [6.45, 7) is 1.89. The number of benzene rings is 1. The zero-order valence-electron chi connectivity index (χ0n) is 11.7. The zero-order valence-corrected chi connectivity index (χ0v) is 11.7. The third-order valence-electron chi connectivity index (χ3n) is 3.88. The molecule has 0 atom stereocenters. The van der Waals surface area contributed by atoms with E-state index in [2.05, 4.69) is 17.1 Å². The number of ether oxygens (including phenoxy) is 1. The fourth-order valence-corrected chi connectivity index (χ4v) is 2.68. The molecule has 3 rings (SSSR count). The number of aliphatic hydroxyl groups is 1. The van der Waals surface area contributed by atoms with Crippen LogP contribution in [0.15, 0.2) is 30.3 Å². The second-order valence-corrected chi connectivity index (χ2v) is 5.29. The molecule has 104 valence electrons. The molecule has 1 heterocycles. The summed E-state index contributed by atoms with van der Waals surface area (Å²) >= 11 is 0. The van der Waals surface area contributed by atoms with E-state index in [4.69, 9.17) is 9.84 Å². The van der Waals surface area contributed by atoms with Gasteiger partial charge >= 0.3 is 0 Å². The predicted octanol–water partition coefficient (Wildman–Crippen LogP) is 3.55. The molecule has 0 bridgehead atoms. The number of rotatable bonds is 3. The molecule has 0 amide bonds. The van der Waals surface area contributed by atoms with Crippen molar-refractivity contribution in [2.24, 2.45) is 0 Å². The fourth-order valence-electron chi connectivity index (χ4n) is 2.68. The van der Waals surface area contributed by atoms with Gasteiger partial charge in [0.15, 0.2) is 0 Å². The van der Waals surface area contributed by atoms with Crippen molar-refractivity contribution in [3.05, 3.63) is 52.7 Å². The van der Waals surface area contributed by atoms with Crippen molar-refractivity contribution in [2.75, 3.05) is 0 Å². The van der Waals surface area contributed by atoms with Crippen LogP contribution in [0.4, 0.5) is 0 Å². The summed E-state index contributed by atoms with van der Waals surface area (Å²) in [7, 11) is 0.